The summed E-state index contributed by atoms with van der Waals surface area (Å²) in [6.07, 6.45) is -1.15. The van der Waals surface area contributed by atoms with Crippen LogP contribution >= 0.6 is 0 Å². The highest BCUT2D eigenvalue weighted by Gasteiger charge is 2.32. The molecule has 0 saturated heterocycles. The van der Waals surface area contributed by atoms with Crippen LogP contribution in [0.3, 0.4) is 0 Å². The summed E-state index contributed by atoms with van der Waals surface area (Å²) >= 11 is 0. The van der Waals surface area contributed by atoms with Crippen molar-refractivity contribution in [1.82, 2.24) is 0 Å². The van der Waals surface area contributed by atoms with Crippen LogP contribution in [0.15, 0.2) is 24.3 Å². The lowest BCUT2D eigenvalue weighted by Gasteiger charge is -2.20. The minimum absolute atomic E-state index is 0.280. The van der Waals surface area contributed by atoms with Gasteiger partial charge < -0.3 is 5.73 Å². The Kier molecular flexibility index (Phi) is 3.66. The molecule has 0 aromatic heterocycles. The molecule has 0 aliphatic heterocycles. The molecule has 0 spiro atoms. The maximum atomic E-state index is 12.6. The normalized spacial score (nSPS) is 26.3. The fourth-order valence-electron chi connectivity index (χ4n) is 2.77. The molecule has 0 amide bonds. The number of nitrogens with two attached hydrogens (primary N) is 1. The fourth-order valence-corrected chi connectivity index (χ4v) is 2.77. The molecular formula is C14H18F3N. The zero-order valence-corrected chi connectivity index (χ0v) is 10.4. The van der Waals surface area contributed by atoms with Gasteiger partial charge >= 0.3 is 6.18 Å². The molecule has 1 aliphatic rings. The third kappa shape index (κ3) is 2.86. The van der Waals surface area contributed by atoms with Crippen LogP contribution in [0.5, 0.6) is 0 Å². The van der Waals surface area contributed by atoms with E-state index < -0.39 is 11.7 Å². The second-order valence-corrected chi connectivity index (χ2v) is 5.33. The first-order valence-electron chi connectivity index (χ1n) is 6.30. The van der Waals surface area contributed by atoms with E-state index in [2.05, 4.69) is 6.92 Å². The predicted molar refractivity (Wildman–Crippen MR) is 64.9 cm³/mol. The Morgan fingerprint density at radius 2 is 2.00 bits per heavy atom. The smallest absolute Gasteiger partial charge is 0.324 e. The summed E-state index contributed by atoms with van der Waals surface area (Å²) in [4.78, 5) is 0. The molecule has 2 N–H and O–H groups in total. The first kappa shape index (κ1) is 13.4. The predicted octanol–water partition coefficient (Wildman–Crippen LogP) is 4.14. The molecule has 1 saturated carbocycles. The minimum Gasteiger partial charge on any atom is -0.324 e. The van der Waals surface area contributed by atoms with Gasteiger partial charge in [0.25, 0.3) is 0 Å². The molecule has 3 atom stereocenters. The summed E-state index contributed by atoms with van der Waals surface area (Å²) in [6, 6.07) is 5.14. The second-order valence-electron chi connectivity index (χ2n) is 5.33. The van der Waals surface area contributed by atoms with Crippen LogP contribution in [-0.2, 0) is 6.18 Å². The van der Waals surface area contributed by atoms with Gasteiger partial charge in [-0.3, -0.25) is 0 Å². The number of hydrogen-bond donors (Lipinski definition) is 1. The lowest BCUT2D eigenvalue weighted by atomic mass is 9.91. The van der Waals surface area contributed by atoms with E-state index in [0.29, 0.717) is 17.4 Å². The van der Waals surface area contributed by atoms with Gasteiger partial charge in [0, 0.05) is 6.04 Å². The topological polar surface area (TPSA) is 26.0 Å². The van der Waals surface area contributed by atoms with Crippen LogP contribution in [0.1, 0.15) is 43.4 Å². The van der Waals surface area contributed by atoms with Crippen LogP contribution in [0.4, 0.5) is 13.2 Å². The molecule has 100 valence electrons. The van der Waals surface area contributed by atoms with E-state index >= 15 is 0 Å². The van der Waals surface area contributed by atoms with Gasteiger partial charge in [0.1, 0.15) is 0 Å². The molecule has 0 heterocycles. The Morgan fingerprint density at radius 1 is 1.28 bits per heavy atom. The van der Waals surface area contributed by atoms with E-state index in [-0.39, 0.29) is 6.04 Å². The highest BCUT2D eigenvalue weighted by atomic mass is 19.4. The number of benzene rings is 1. The monoisotopic (exact) mass is 257 g/mol. The zero-order chi connectivity index (χ0) is 13.3. The molecule has 4 heteroatoms. The van der Waals surface area contributed by atoms with Crippen molar-refractivity contribution in [2.75, 3.05) is 0 Å². The van der Waals surface area contributed by atoms with Gasteiger partial charge in [-0.2, -0.15) is 13.2 Å². The lowest BCUT2D eigenvalue weighted by molar-refractivity contribution is -0.137. The molecule has 1 aromatic carbocycles. The van der Waals surface area contributed by atoms with Crippen LogP contribution in [0, 0.1) is 11.8 Å². The third-order valence-corrected chi connectivity index (χ3v) is 3.84. The average molecular weight is 257 g/mol. The summed E-state index contributed by atoms with van der Waals surface area (Å²) in [5, 5.41) is 0. The van der Waals surface area contributed by atoms with Crippen molar-refractivity contribution in [2.45, 2.75) is 38.4 Å². The van der Waals surface area contributed by atoms with Crippen molar-refractivity contribution in [2.24, 2.45) is 17.6 Å². The van der Waals surface area contributed by atoms with Gasteiger partial charge in [0.15, 0.2) is 0 Å². The highest BCUT2D eigenvalue weighted by molar-refractivity contribution is 5.28. The number of halogens is 3. The molecular weight excluding hydrogens is 239 g/mol. The largest absolute Gasteiger partial charge is 0.416 e. The van der Waals surface area contributed by atoms with Gasteiger partial charge in [-0.25, -0.2) is 0 Å². The molecule has 0 radical (unpaired) electrons. The van der Waals surface area contributed by atoms with E-state index in [4.69, 9.17) is 5.73 Å². The van der Waals surface area contributed by atoms with Gasteiger partial charge in [-0.1, -0.05) is 25.5 Å². The van der Waals surface area contributed by atoms with Crippen molar-refractivity contribution < 1.29 is 13.2 Å². The van der Waals surface area contributed by atoms with Gasteiger partial charge in [-0.15, -0.1) is 0 Å². The van der Waals surface area contributed by atoms with Crippen LogP contribution in [0.2, 0.25) is 0 Å². The summed E-state index contributed by atoms with van der Waals surface area (Å²) in [5.41, 5.74) is 6.10. The van der Waals surface area contributed by atoms with Crippen molar-refractivity contribution >= 4 is 0 Å². The van der Waals surface area contributed by atoms with Crippen molar-refractivity contribution in [3.63, 3.8) is 0 Å². The maximum Gasteiger partial charge on any atom is 0.416 e. The Bertz CT molecular complexity index is 414. The van der Waals surface area contributed by atoms with Crippen LogP contribution in [-0.4, -0.2) is 0 Å². The first-order chi connectivity index (χ1) is 8.38. The Labute approximate surface area is 105 Å². The summed E-state index contributed by atoms with van der Waals surface area (Å²) < 4.78 is 37.9. The number of hydrogen-bond acceptors (Lipinski definition) is 1. The van der Waals surface area contributed by atoms with E-state index in [1.165, 1.54) is 12.1 Å². The molecule has 0 bridgehead atoms. The minimum atomic E-state index is -4.29. The van der Waals surface area contributed by atoms with E-state index in [9.17, 15) is 13.2 Å². The third-order valence-electron chi connectivity index (χ3n) is 3.84. The summed E-state index contributed by atoms with van der Waals surface area (Å²) in [5.74, 6) is 0.940. The number of alkyl halides is 3. The van der Waals surface area contributed by atoms with Gasteiger partial charge in [-0.05, 0) is 42.4 Å². The quantitative estimate of drug-likeness (QED) is 0.846. The zero-order valence-electron chi connectivity index (χ0n) is 10.4. The Balaban J connectivity index is 2.18. The van der Waals surface area contributed by atoms with Crippen LogP contribution in [0.25, 0.3) is 0 Å². The first-order valence-corrected chi connectivity index (χ1v) is 6.30. The SMILES string of the molecule is CC1CCC(C(N)c2cccc(C(F)(F)F)c2)C1. The maximum absolute atomic E-state index is 12.6. The van der Waals surface area contributed by atoms with E-state index in [0.717, 1.165) is 25.3 Å². The molecule has 18 heavy (non-hydrogen) atoms. The molecule has 3 unspecified atom stereocenters. The summed E-state index contributed by atoms with van der Waals surface area (Å²) in [7, 11) is 0. The van der Waals surface area contributed by atoms with E-state index in [1.54, 1.807) is 6.07 Å². The van der Waals surface area contributed by atoms with Gasteiger partial charge in [0.2, 0.25) is 0 Å². The van der Waals surface area contributed by atoms with Crippen molar-refractivity contribution in [3.8, 4) is 0 Å². The molecule has 1 fully saturated rings. The highest BCUT2D eigenvalue weighted by Crippen LogP contribution is 2.38. The van der Waals surface area contributed by atoms with Crippen molar-refractivity contribution in [1.29, 1.82) is 0 Å². The summed E-state index contributed by atoms with van der Waals surface area (Å²) in [6.45, 7) is 2.17. The van der Waals surface area contributed by atoms with Gasteiger partial charge in [0.05, 0.1) is 5.56 Å². The lowest BCUT2D eigenvalue weighted by Crippen LogP contribution is -2.20. The van der Waals surface area contributed by atoms with E-state index in [1.807, 2.05) is 0 Å². The van der Waals surface area contributed by atoms with Crippen molar-refractivity contribution in [3.05, 3.63) is 35.4 Å². The number of rotatable bonds is 2. The fraction of sp³-hybridized carbons (Fsp3) is 0.571. The van der Waals surface area contributed by atoms with Crippen LogP contribution < -0.4 is 5.73 Å². The molecule has 1 aliphatic carbocycles. The molecule has 2 rings (SSSR count). The second kappa shape index (κ2) is 4.92. The average Bonchev–Trinajstić information content (AvgIpc) is 2.74. The Morgan fingerprint density at radius 3 is 2.56 bits per heavy atom. The Hall–Kier alpha value is -1.03. The standard InChI is InChI=1S/C14H18F3N/c1-9-5-6-11(7-9)13(18)10-3-2-4-12(8-10)14(15,16)17/h2-4,8-9,11,13H,5-7,18H2,1H3. The molecule has 1 aromatic rings. The molecule has 1 nitrogen and oxygen atoms in total.